The second kappa shape index (κ2) is 9.21. The van der Waals surface area contributed by atoms with E-state index in [1.807, 2.05) is 6.07 Å². The van der Waals surface area contributed by atoms with Gasteiger partial charge in [-0.2, -0.15) is 0 Å². The predicted molar refractivity (Wildman–Crippen MR) is 124 cm³/mol. The fourth-order valence-corrected chi connectivity index (χ4v) is 6.48. The van der Waals surface area contributed by atoms with Crippen molar-refractivity contribution in [2.75, 3.05) is 13.7 Å². The topological polar surface area (TPSA) is 128 Å². The Balaban J connectivity index is 1.42. The van der Waals surface area contributed by atoms with Crippen LogP contribution in [-0.2, 0) is 35.6 Å². The van der Waals surface area contributed by atoms with E-state index in [9.17, 15) is 22.8 Å². The molecule has 10 nitrogen and oxygen atoms in total. The summed E-state index contributed by atoms with van der Waals surface area (Å²) >= 11 is 0. The molecule has 11 heteroatoms. The Labute approximate surface area is 203 Å². The number of benzene rings is 2. The van der Waals surface area contributed by atoms with Crippen LogP contribution in [0.15, 0.2) is 54.6 Å². The van der Waals surface area contributed by atoms with E-state index in [-0.39, 0.29) is 6.61 Å². The maximum atomic E-state index is 13.2. The summed E-state index contributed by atoms with van der Waals surface area (Å²) < 4.78 is 40.7. The van der Waals surface area contributed by atoms with Crippen molar-refractivity contribution in [3.05, 3.63) is 60.2 Å². The van der Waals surface area contributed by atoms with Crippen LogP contribution in [0.25, 0.3) is 0 Å². The molecule has 2 aromatic rings. The number of methoxy groups -OCH3 is 1. The molecule has 0 saturated carbocycles. The summed E-state index contributed by atoms with van der Waals surface area (Å²) in [5.41, 5.74) is 0.730. The first kappa shape index (κ1) is 24.5. The van der Waals surface area contributed by atoms with Crippen molar-refractivity contribution >= 4 is 27.6 Å². The Morgan fingerprint density at radius 3 is 2.29 bits per heavy atom. The minimum atomic E-state index is -4.01. The number of nitrogens with one attached hydrogen (secondary N) is 1. The van der Waals surface area contributed by atoms with Gasteiger partial charge in [0, 0.05) is 0 Å². The standard InChI is InChI=1S/C24H26N2O8S/c1-24(2)20(23(29)34-13-15-7-5-4-6-8-15)26-21(28)19(22(26)35(24,30)31)25-18(27)14-33-17-11-9-16(32-3)10-12-17/h4-12,19-20,22H,13-14H2,1-3H3,(H,25,27)/t19-,20+,22-/m1/s1. The quantitative estimate of drug-likeness (QED) is 0.419. The third-order valence-corrected chi connectivity index (χ3v) is 9.09. The molecule has 0 bridgehead atoms. The number of carbonyl (C=O) groups is 3. The van der Waals surface area contributed by atoms with E-state index in [1.165, 1.54) is 21.0 Å². The number of carbonyl (C=O) groups excluding carboxylic acids is 3. The van der Waals surface area contributed by atoms with Crippen LogP contribution in [0.4, 0.5) is 0 Å². The SMILES string of the molecule is COc1ccc(OCC(=O)N[C@@H]2C(=O)N3[C@@H](C(=O)OCc4ccccc4)C(C)(C)S(=O)(=O)[C@H]23)cc1. The van der Waals surface area contributed by atoms with Crippen LogP contribution in [0.5, 0.6) is 11.5 Å². The zero-order chi connectivity index (χ0) is 25.4. The molecule has 186 valence electrons. The third-order valence-electron chi connectivity index (χ3n) is 6.26. The molecule has 2 fully saturated rings. The normalized spacial score (nSPS) is 23.6. The number of amides is 2. The number of nitrogens with zero attached hydrogens (tertiary/aromatic N) is 1. The number of sulfone groups is 1. The zero-order valence-electron chi connectivity index (χ0n) is 19.5. The van der Waals surface area contributed by atoms with E-state index in [0.717, 1.165) is 10.5 Å². The highest BCUT2D eigenvalue weighted by Gasteiger charge is 2.72. The zero-order valence-corrected chi connectivity index (χ0v) is 20.3. The summed E-state index contributed by atoms with van der Waals surface area (Å²) in [5, 5.41) is 1.07. The fourth-order valence-electron chi connectivity index (χ4n) is 4.26. The number of rotatable bonds is 8. The van der Waals surface area contributed by atoms with Crippen molar-refractivity contribution in [2.45, 2.75) is 42.7 Å². The second-order valence-electron chi connectivity index (χ2n) is 8.79. The Kier molecular flexibility index (Phi) is 6.46. The monoisotopic (exact) mass is 502 g/mol. The van der Waals surface area contributed by atoms with Crippen molar-refractivity contribution in [2.24, 2.45) is 0 Å². The molecule has 35 heavy (non-hydrogen) atoms. The first-order valence-corrected chi connectivity index (χ1v) is 12.4. The molecule has 4 rings (SSSR count). The molecule has 0 spiro atoms. The second-order valence-corrected chi connectivity index (χ2v) is 11.4. The van der Waals surface area contributed by atoms with Crippen molar-refractivity contribution in [1.82, 2.24) is 10.2 Å². The number of hydrogen-bond acceptors (Lipinski definition) is 8. The first-order valence-electron chi connectivity index (χ1n) is 10.9. The number of hydrogen-bond donors (Lipinski definition) is 1. The largest absolute Gasteiger partial charge is 0.497 e. The highest BCUT2D eigenvalue weighted by Crippen LogP contribution is 2.46. The molecule has 1 N–H and O–H groups in total. The summed E-state index contributed by atoms with van der Waals surface area (Å²) in [6, 6.07) is 12.8. The van der Waals surface area contributed by atoms with Crippen LogP contribution in [0.1, 0.15) is 19.4 Å². The van der Waals surface area contributed by atoms with E-state index < -0.39 is 56.4 Å². The Hall–Kier alpha value is -3.60. The average molecular weight is 503 g/mol. The minimum absolute atomic E-state index is 0.0537. The minimum Gasteiger partial charge on any atom is -0.497 e. The molecule has 2 saturated heterocycles. The summed E-state index contributed by atoms with van der Waals surface area (Å²) in [6.45, 7) is 2.29. The van der Waals surface area contributed by atoms with E-state index in [1.54, 1.807) is 48.5 Å². The van der Waals surface area contributed by atoms with Gasteiger partial charge in [0.25, 0.3) is 5.91 Å². The molecular formula is C24H26N2O8S. The number of esters is 1. The lowest BCUT2D eigenvalue weighted by molar-refractivity contribution is -0.165. The van der Waals surface area contributed by atoms with Crippen LogP contribution >= 0.6 is 0 Å². The number of β-lactam (4-membered cyclic amide) rings is 1. The molecule has 2 aliphatic heterocycles. The molecule has 2 heterocycles. The first-order chi connectivity index (χ1) is 16.6. The van der Waals surface area contributed by atoms with Crippen molar-refractivity contribution in [1.29, 1.82) is 0 Å². The molecule has 0 radical (unpaired) electrons. The summed E-state index contributed by atoms with van der Waals surface area (Å²) in [5.74, 6) is -1.12. The van der Waals surface area contributed by atoms with Gasteiger partial charge in [-0.3, -0.25) is 9.59 Å². The lowest BCUT2D eigenvalue weighted by Gasteiger charge is -2.42. The number of fused-ring (bicyclic) bond motifs is 1. The molecular weight excluding hydrogens is 476 g/mol. The Morgan fingerprint density at radius 1 is 1.03 bits per heavy atom. The lowest BCUT2D eigenvalue weighted by Crippen LogP contribution is -2.72. The fraction of sp³-hybridized carbons (Fsp3) is 0.375. The highest BCUT2D eigenvalue weighted by molar-refractivity contribution is 7.94. The van der Waals surface area contributed by atoms with Gasteiger partial charge in [-0.15, -0.1) is 0 Å². The van der Waals surface area contributed by atoms with Gasteiger partial charge in [-0.25, -0.2) is 13.2 Å². The highest BCUT2D eigenvalue weighted by atomic mass is 32.2. The van der Waals surface area contributed by atoms with Crippen LogP contribution in [0, 0.1) is 0 Å². The molecule has 3 atom stereocenters. The van der Waals surface area contributed by atoms with Crippen LogP contribution < -0.4 is 14.8 Å². The number of ether oxygens (including phenoxy) is 3. The van der Waals surface area contributed by atoms with E-state index >= 15 is 0 Å². The molecule has 0 aromatic heterocycles. The van der Waals surface area contributed by atoms with Crippen molar-refractivity contribution in [3.63, 3.8) is 0 Å². The van der Waals surface area contributed by atoms with Gasteiger partial charge in [0.15, 0.2) is 21.8 Å². The lowest BCUT2D eigenvalue weighted by atomic mass is 9.96. The van der Waals surface area contributed by atoms with Gasteiger partial charge in [0.1, 0.15) is 34.9 Å². The Morgan fingerprint density at radius 2 is 1.66 bits per heavy atom. The van der Waals surface area contributed by atoms with Gasteiger partial charge < -0.3 is 24.4 Å². The van der Waals surface area contributed by atoms with E-state index in [0.29, 0.717) is 11.5 Å². The summed E-state index contributed by atoms with van der Waals surface area (Å²) in [7, 11) is -2.49. The predicted octanol–water partition coefficient (Wildman–Crippen LogP) is 1.05. The van der Waals surface area contributed by atoms with Crippen molar-refractivity contribution in [3.8, 4) is 11.5 Å². The van der Waals surface area contributed by atoms with E-state index in [2.05, 4.69) is 5.32 Å². The summed E-state index contributed by atoms with van der Waals surface area (Å²) in [4.78, 5) is 39.2. The molecule has 0 aliphatic carbocycles. The van der Waals surface area contributed by atoms with Gasteiger partial charge >= 0.3 is 5.97 Å². The Bertz CT molecular complexity index is 1230. The smallest absolute Gasteiger partial charge is 0.330 e. The average Bonchev–Trinajstić information content (AvgIpc) is 3.00. The van der Waals surface area contributed by atoms with E-state index in [4.69, 9.17) is 14.2 Å². The van der Waals surface area contributed by atoms with Crippen molar-refractivity contribution < 1.29 is 37.0 Å². The molecule has 2 amide bonds. The van der Waals surface area contributed by atoms with Gasteiger partial charge in [0.2, 0.25) is 5.91 Å². The molecule has 0 unspecified atom stereocenters. The van der Waals surface area contributed by atoms with Gasteiger partial charge in [-0.1, -0.05) is 30.3 Å². The van der Waals surface area contributed by atoms with Gasteiger partial charge in [0.05, 0.1) is 7.11 Å². The summed E-state index contributed by atoms with van der Waals surface area (Å²) in [6.07, 6.45) is 0. The van der Waals surface area contributed by atoms with Crippen LogP contribution in [0.2, 0.25) is 0 Å². The van der Waals surface area contributed by atoms with Crippen LogP contribution in [-0.4, -0.2) is 67.0 Å². The molecule has 2 aliphatic rings. The van der Waals surface area contributed by atoms with Crippen LogP contribution in [0.3, 0.4) is 0 Å². The maximum Gasteiger partial charge on any atom is 0.330 e. The maximum absolute atomic E-state index is 13.2. The molecule has 2 aromatic carbocycles. The van der Waals surface area contributed by atoms with Gasteiger partial charge in [-0.05, 0) is 43.7 Å². The third kappa shape index (κ3) is 4.31.